The van der Waals surface area contributed by atoms with Crippen LogP contribution in [-0.4, -0.2) is 18.1 Å². The van der Waals surface area contributed by atoms with E-state index in [0.717, 1.165) is 27.0 Å². The Morgan fingerprint density at radius 1 is 1.21 bits per heavy atom. The van der Waals surface area contributed by atoms with E-state index in [1.54, 1.807) is 13.2 Å². The maximum atomic E-state index is 12.7. The minimum Gasteiger partial charge on any atom is -0.496 e. The Hall–Kier alpha value is -2.18. The molecule has 0 spiro atoms. The number of aryl methyl sites for hydroxylation is 1. The summed E-state index contributed by atoms with van der Waals surface area (Å²) in [6, 6.07) is 13.3. The van der Waals surface area contributed by atoms with Crippen LogP contribution in [0.5, 0.6) is 5.75 Å². The number of benzene rings is 2. The third-order valence-electron chi connectivity index (χ3n) is 3.66. The van der Waals surface area contributed by atoms with Gasteiger partial charge in [0, 0.05) is 0 Å². The highest BCUT2D eigenvalue weighted by Crippen LogP contribution is 2.28. The van der Waals surface area contributed by atoms with Crippen LogP contribution in [0.2, 0.25) is 0 Å². The number of halogens is 1. The predicted molar refractivity (Wildman–Crippen MR) is 103 cm³/mol. The van der Waals surface area contributed by atoms with Gasteiger partial charge in [0.25, 0.3) is 5.91 Å². The van der Waals surface area contributed by atoms with Crippen molar-refractivity contribution in [2.45, 2.75) is 6.92 Å². The summed E-state index contributed by atoms with van der Waals surface area (Å²) in [7, 11) is 1.61. The zero-order valence-corrected chi connectivity index (χ0v) is 15.6. The number of carbonyl (C=O) groups is 1. The van der Waals surface area contributed by atoms with Crippen molar-refractivity contribution < 1.29 is 9.53 Å². The molecule has 2 aromatic carbocycles. The van der Waals surface area contributed by atoms with Gasteiger partial charge in [0.15, 0.2) is 5.11 Å². The van der Waals surface area contributed by atoms with Gasteiger partial charge in [-0.3, -0.25) is 9.69 Å². The molecule has 2 aromatic rings. The minimum absolute atomic E-state index is 0.171. The Morgan fingerprint density at radius 2 is 1.92 bits per heavy atom. The average Bonchev–Trinajstić information content (AvgIpc) is 2.83. The monoisotopic (exact) mass is 402 g/mol. The van der Waals surface area contributed by atoms with Gasteiger partial charge < -0.3 is 10.1 Å². The molecule has 0 saturated carbocycles. The van der Waals surface area contributed by atoms with Gasteiger partial charge in [-0.2, -0.15) is 0 Å². The zero-order chi connectivity index (χ0) is 17.3. The van der Waals surface area contributed by atoms with Gasteiger partial charge in [0.1, 0.15) is 11.4 Å². The van der Waals surface area contributed by atoms with Crippen molar-refractivity contribution >= 4 is 50.9 Å². The van der Waals surface area contributed by atoms with Gasteiger partial charge in [-0.15, -0.1) is 0 Å². The highest BCUT2D eigenvalue weighted by molar-refractivity contribution is 9.10. The molecule has 0 aliphatic carbocycles. The first-order valence-corrected chi connectivity index (χ1v) is 8.47. The molecule has 0 radical (unpaired) electrons. The Morgan fingerprint density at radius 3 is 2.54 bits per heavy atom. The van der Waals surface area contributed by atoms with E-state index >= 15 is 0 Å². The number of hydrogen-bond donors (Lipinski definition) is 1. The van der Waals surface area contributed by atoms with Crippen molar-refractivity contribution in [2.75, 3.05) is 12.0 Å². The second kappa shape index (κ2) is 6.75. The quantitative estimate of drug-likeness (QED) is 0.621. The van der Waals surface area contributed by atoms with Crippen LogP contribution in [0.25, 0.3) is 6.08 Å². The van der Waals surface area contributed by atoms with Crippen molar-refractivity contribution in [3.05, 3.63) is 63.8 Å². The zero-order valence-electron chi connectivity index (χ0n) is 13.2. The number of ether oxygens (including phenoxy) is 1. The van der Waals surface area contributed by atoms with Gasteiger partial charge in [-0.25, -0.2) is 0 Å². The number of rotatable bonds is 3. The van der Waals surface area contributed by atoms with E-state index in [4.69, 9.17) is 17.0 Å². The number of methoxy groups -OCH3 is 1. The fraction of sp³-hybridized carbons (Fsp3) is 0.111. The van der Waals surface area contributed by atoms with E-state index < -0.39 is 0 Å². The molecule has 24 heavy (non-hydrogen) atoms. The van der Waals surface area contributed by atoms with Crippen LogP contribution in [0.15, 0.2) is 52.6 Å². The first kappa shape index (κ1) is 16.7. The lowest BCUT2D eigenvalue weighted by atomic mass is 10.1. The van der Waals surface area contributed by atoms with Crippen LogP contribution in [0.3, 0.4) is 0 Å². The second-order valence-corrected chi connectivity index (χ2v) is 6.60. The van der Waals surface area contributed by atoms with Gasteiger partial charge in [-0.05, 0) is 71.0 Å². The molecule has 1 aliphatic heterocycles. The third kappa shape index (κ3) is 3.20. The molecular formula is C18H15BrN2O2S. The molecule has 1 saturated heterocycles. The normalized spacial score (nSPS) is 15.8. The summed E-state index contributed by atoms with van der Waals surface area (Å²) in [5, 5.41) is 3.36. The maximum absolute atomic E-state index is 12.7. The Labute approximate surface area is 154 Å². The lowest BCUT2D eigenvalue weighted by Gasteiger charge is -2.13. The molecule has 1 fully saturated rings. The van der Waals surface area contributed by atoms with Crippen molar-refractivity contribution in [1.82, 2.24) is 5.32 Å². The summed E-state index contributed by atoms with van der Waals surface area (Å²) >= 11 is 8.76. The third-order valence-corrected chi connectivity index (χ3v) is 4.56. The Bertz CT molecular complexity index is 847. The molecule has 6 heteroatoms. The van der Waals surface area contributed by atoms with E-state index in [2.05, 4.69) is 21.2 Å². The SMILES string of the molecule is COc1ccc(/C=C2\NC(=S)N(c3ccc(C)cc3)C2=O)cc1Br. The topological polar surface area (TPSA) is 41.6 Å². The van der Waals surface area contributed by atoms with E-state index in [-0.39, 0.29) is 5.91 Å². The number of carbonyl (C=O) groups excluding carboxylic acids is 1. The highest BCUT2D eigenvalue weighted by Gasteiger charge is 2.31. The molecule has 0 bridgehead atoms. The number of nitrogens with one attached hydrogen (secondary N) is 1. The first-order chi connectivity index (χ1) is 11.5. The van der Waals surface area contributed by atoms with Crippen LogP contribution in [0.1, 0.15) is 11.1 Å². The summed E-state index contributed by atoms with van der Waals surface area (Å²) < 4.78 is 6.04. The number of thiocarbonyl (C=S) groups is 1. The molecule has 1 N–H and O–H groups in total. The van der Waals surface area contributed by atoms with Crippen molar-refractivity contribution in [1.29, 1.82) is 0 Å². The average molecular weight is 403 g/mol. The molecule has 4 nitrogen and oxygen atoms in total. The lowest BCUT2D eigenvalue weighted by Crippen LogP contribution is -2.30. The summed E-state index contributed by atoms with van der Waals surface area (Å²) in [6.45, 7) is 2.00. The Balaban J connectivity index is 1.90. The molecule has 0 aromatic heterocycles. The molecule has 1 heterocycles. The molecule has 1 amide bonds. The van der Waals surface area contributed by atoms with E-state index in [1.165, 1.54) is 4.90 Å². The van der Waals surface area contributed by atoms with Crippen molar-refractivity contribution in [3.63, 3.8) is 0 Å². The minimum atomic E-state index is -0.171. The van der Waals surface area contributed by atoms with Crippen LogP contribution in [0, 0.1) is 6.92 Å². The fourth-order valence-corrected chi connectivity index (χ4v) is 3.26. The lowest BCUT2D eigenvalue weighted by molar-refractivity contribution is -0.113. The maximum Gasteiger partial charge on any atom is 0.281 e. The van der Waals surface area contributed by atoms with Crippen LogP contribution < -0.4 is 15.0 Å². The van der Waals surface area contributed by atoms with Crippen LogP contribution >= 0.6 is 28.1 Å². The first-order valence-electron chi connectivity index (χ1n) is 7.27. The van der Waals surface area contributed by atoms with Gasteiger partial charge in [-0.1, -0.05) is 23.8 Å². The van der Waals surface area contributed by atoms with Gasteiger partial charge in [0.05, 0.1) is 17.3 Å². The smallest absolute Gasteiger partial charge is 0.281 e. The molecule has 1 aliphatic rings. The fourth-order valence-electron chi connectivity index (χ4n) is 2.40. The van der Waals surface area contributed by atoms with Gasteiger partial charge in [0.2, 0.25) is 0 Å². The number of hydrogen-bond acceptors (Lipinski definition) is 3. The largest absolute Gasteiger partial charge is 0.496 e. The molecule has 3 rings (SSSR count). The summed E-state index contributed by atoms with van der Waals surface area (Å²) in [4.78, 5) is 14.2. The molecule has 0 unspecified atom stereocenters. The van der Waals surface area contributed by atoms with Crippen molar-refractivity contribution in [2.24, 2.45) is 0 Å². The van der Waals surface area contributed by atoms with Crippen LogP contribution in [0.4, 0.5) is 5.69 Å². The number of amides is 1. The Kier molecular flexibility index (Phi) is 4.69. The molecule has 122 valence electrons. The van der Waals surface area contributed by atoms with Crippen LogP contribution in [-0.2, 0) is 4.79 Å². The second-order valence-electron chi connectivity index (χ2n) is 5.36. The standard InChI is InChI=1S/C18H15BrN2O2S/c1-11-3-6-13(7-4-11)21-17(22)15(20-18(21)24)10-12-5-8-16(23-2)14(19)9-12/h3-10H,1-2H3,(H,20,24)/b15-10-. The molecular weight excluding hydrogens is 388 g/mol. The number of anilines is 1. The van der Waals surface area contributed by atoms with Crippen molar-refractivity contribution in [3.8, 4) is 5.75 Å². The van der Waals surface area contributed by atoms with E-state index in [9.17, 15) is 4.79 Å². The van der Waals surface area contributed by atoms with E-state index in [1.807, 2.05) is 49.4 Å². The van der Waals surface area contributed by atoms with Gasteiger partial charge >= 0.3 is 0 Å². The predicted octanol–water partition coefficient (Wildman–Crippen LogP) is 4.03. The number of nitrogens with zero attached hydrogens (tertiary/aromatic N) is 1. The van der Waals surface area contributed by atoms with E-state index in [0.29, 0.717) is 10.8 Å². The highest BCUT2D eigenvalue weighted by atomic mass is 79.9. The summed E-state index contributed by atoms with van der Waals surface area (Å²) in [6.07, 6.45) is 1.77. The summed E-state index contributed by atoms with van der Waals surface area (Å²) in [5.74, 6) is 0.565. The molecule has 0 atom stereocenters. The summed E-state index contributed by atoms with van der Waals surface area (Å²) in [5.41, 5.74) is 3.19.